The first-order valence-electron chi connectivity index (χ1n) is 7.99. The molecule has 0 aliphatic heterocycles. The predicted molar refractivity (Wildman–Crippen MR) is 98.5 cm³/mol. The average Bonchev–Trinajstić information content (AvgIpc) is 3.15. The minimum atomic E-state index is 0.0201. The fourth-order valence-corrected chi connectivity index (χ4v) is 3.16. The summed E-state index contributed by atoms with van der Waals surface area (Å²) in [5.74, 6) is 0.828. The van der Waals surface area contributed by atoms with Crippen molar-refractivity contribution in [2.45, 2.75) is 19.4 Å². The minimum absolute atomic E-state index is 0.0201. The van der Waals surface area contributed by atoms with E-state index in [0.717, 1.165) is 27.6 Å². The fraction of sp³-hybridized carbons (Fsp3) is 0.211. The molecular weight excluding hydrogens is 334 g/mol. The highest BCUT2D eigenvalue weighted by atomic mass is 32.1. The highest BCUT2D eigenvalue weighted by Gasteiger charge is 2.07. The number of carbonyl (C=O) groups excluding carboxylic acids is 1. The van der Waals surface area contributed by atoms with Gasteiger partial charge < -0.3 is 10.1 Å². The van der Waals surface area contributed by atoms with Crippen molar-refractivity contribution in [2.24, 2.45) is 0 Å². The van der Waals surface area contributed by atoms with Gasteiger partial charge in [-0.2, -0.15) is 0 Å². The number of hydrogen-bond acceptors (Lipinski definition) is 5. The van der Waals surface area contributed by atoms with E-state index in [0.29, 0.717) is 19.4 Å². The first-order chi connectivity index (χ1) is 12.2. The summed E-state index contributed by atoms with van der Waals surface area (Å²) in [5, 5.41) is 5.86. The quantitative estimate of drug-likeness (QED) is 0.706. The molecule has 1 N–H and O–H groups in total. The lowest BCUT2D eigenvalue weighted by Gasteiger charge is -2.06. The van der Waals surface area contributed by atoms with Gasteiger partial charge in [-0.05, 0) is 36.2 Å². The maximum Gasteiger partial charge on any atom is 0.220 e. The number of ether oxygens (including phenoxy) is 1. The number of pyridine rings is 1. The van der Waals surface area contributed by atoms with Gasteiger partial charge in [0.1, 0.15) is 10.8 Å². The number of rotatable bonds is 7. The Balaban J connectivity index is 1.46. The molecule has 1 amide bonds. The van der Waals surface area contributed by atoms with Crippen LogP contribution < -0.4 is 10.1 Å². The van der Waals surface area contributed by atoms with Crippen molar-refractivity contribution in [3.05, 3.63) is 65.4 Å². The van der Waals surface area contributed by atoms with Crippen LogP contribution in [0.3, 0.4) is 0 Å². The molecule has 0 radical (unpaired) electrons. The van der Waals surface area contributed by atoms with Crippen LogP contribution in [-0.4, -0.2) is 23.0 Å². The molecule has 6 heteroatoms. The van der Waals surface area contributed by atoms with Gasteiger partial charge in [0.2, 0.25) is 5.91 Å². The molecule has 0 unspecified atom stereocenters. The van der Waals surface area contributed by atoms with Crippen LogP contribution in [0.5, 0.6) is 5.75 Å². The van der Waals surface area contributed by atoms with Crippen molar-refractivity contribution in [1.82, 2.24) is 15.3 Å². The zero-order valence-corrected chi connectivity index (χ0v) is 14.8. The molecule has 1 aromatic carbocycles. The van der Waals surface area contributed by atoms with Crippen LogP contribution in [0, 0.1) is 0 Å². The van der Waals surface area contributed by atoms with Crippen molar-refractivity contribution in [2.75, 3.05) is 7.11 Å². The Morgan fingerprint density at radius 1 is 1.24 bits per heavy atom. The van der Waals surface area contributed by atoms with E-state index >= 15 is 0 Å². The number of hydrogen-bond donors (Lipinski definition) is 1. The highest BCUT2D eigenvalue weighted by molar-refractivity contribution is 7.13. The highest BCUT2D eigenvalue weighted by Crippen LogP contribution is 2.23. The SMILES string of the molecule is COc1ccc(CNC(=O)CCc2csc(-c3cccnc3)n2)cc1. The Hall–Kier alpha value is -2.73. The van der Waals surface area contributed by atoms with Crippen molar-refractivity contribution in [3.8, 4) is 16.3 Å². The monoisotopic (exact) mass is 353 g/mol. The van der Waals surface area contributed by atoms with Gasteiger partial charge in [0, 0.05) is 36.3 Å². The number of nitrogens with one attached hydrogen (secondary N) is 1. The number of amides is 1. The molecule has 2 heterocycles. The number of thiazole rings is 1. The second-order valence-electron chi connectivity index (χ2n) is 5.51. The van der Waals surface area contributed by atoms with Crippen LogP contribution in [0.1, 0.15) is 17.7 Å². The Bertz CT molecular complexity index is 816. The van der Waals surface area contributed by atoms with Crippen molar-refractivity contribution in [1.29, 1.82) is 0 Å². The smallest absolute Gasteiger partial charge is 0.220 e. The summed E-state index contributed by atoms with van der Waals surface area (Å²) in [6.07, 6.45) is 4.59. The third kappa shape index (κ3) is 4.87. The lowest BCUT2D eigenvalue weighted by molar-refractivity contribution is -0.121. The molecule has 0 atom stereocenters. The lowest BCUT2D eigenvalue weighted by Crippen LogP contribution is -2.23. The second-order valence-corrected chi connectivity index (χ2v) is 6.37. The molecule has 0 aliphatic carbocycles. The van der Waals surface area contributed by atoms with Crippen LogP contribution >= 0.6 is 11.3 Å². The number of carbonyl (C=O) groups is 1. The van der Waals surface area contributed by atoms with Crippen LogP contribution in [0.25, 0.3) is 10.6 Å². The summed E-state index contributed by atoms with van der Waals surface area (Å²) < 4.78 is 5.12. The topological polar surface area (TPSA) is 64.1 Å². The van der Waals surface area contributed by atoms with E-state index in [2.05, 4.69) is 15.3 Å². The number of aromatic nitrogens is 2. The van der Waals surface area contributed by atoms with Gasteiger partial charge >= 0.3 is 0 Å². The van der Waals surface area contributed by atoms with Gasteiger partial charge in [0.05, 0.1) is 12.8 Å². The Morgan fingerprint density at radius 2 is 2.08 bits per heavy atom. The van der Waals surface area contributed by atoms with Crippen molar-refractivity contribution in [3.63, 3.8) is 0 Å². The third-order valence-electron chi connectivity index (χ3n) is 3.72. The first-order valence-corrected chi connectivity index (χ1v) is 8.87. The summed E-state index contributed by atoms with van der Waals surface area (Å²) in [4.78, 5) is 20.7. The van der Waals surface area contributed by atoms with Crippen LogP contribution in [0.4, 0.5) is 0 Å². The van der Waals surface area contributed by atoms with E-state index in [1.807, 2.05) is 41.8 Å². The second kappa shape index (κ2) is 8.39. The van der Waals surface area contributed by atoms with Crippen molar-refractivity contribution >= 4 is 17.2 Å². The van der Waals surface area contributed by atoms with E-state index in [4.69, 9.17) is 4.74 Å². The zero-order chi connectivity index (χ0) is 17.5. The number of benzene rings is 1. The normalized spacial score (nSPS) is 10.4. The average molecular weight is 353 g/mol. The molecule has 128 valence electrons. The van der Waals surface area contributed by atoms with E-state index < -0.39 is 0 Å². The summed E-state index contributed by atoms with van der Waals surface area (Å²) in [7, 11) is 1.63. The maximum absolute atomic E-state index is 12.0. The lowest BCUT2D eigenvalue weighted by atomic mass is 10.2. The first kappa shape index (κ1) is 17.1. The summed E-state index contributed by atoms with van der Waals surface area (Å²) in [5.41, 5.74) is 2.98. The van der Waals surface area contributed by atoms with Crippen LogP contribution in [-0.2, 0) is 17.8 Å². The Morgan fingerprint density at radius 3 is 2.80 bits per heavy atom. The largest absolute Gasteiger partial charge is 0.497 e. The summed E-state index contributed by atoms with van der Waals surface area (Å²) in [6.45, 7) is 0.515. The molecule has 0 fully saturated rings. The molecule has 0 saturated heterocycles. The predicted octanol–water partition coefficient (Wildman–Crippen LogP) is 3.46. The molecule has 5 nitrogen and oxygen atoms in total. The van der Waals surface area contributed by atoms with E-state index in [-0.39, 0.29) is 5.91 Å². The molecule has 2 aromatic heterocycles. The third-order valence-corrected chi connectivity index (χ3v) is 4.66. The molecule has 0 spiro atoms. The van der Waals surface area contributed by atoms with Gasteiger partial charge in [-0.25, -0.2) is 4.98 Å². The fourth-order valence-electron chi connectivity index (χ4n) is 2.32. The minimum Gasteiger partial charge on any atom is -0.497 e. The van der Waals surface area contributed by atoms with Gasteiger partial charge in [-0.1, -0.05) is 12.1 Å². The van der Waals surface area contributed by atoms with Gasteiger partial charge in [-0.15, -0.1) is 11.3 Å². The number of aryl methyl sites for hydroxylation is 1. The number of nitrogens with zero attached hydrogens (tertiary/aromatic N) is 2. The Kier molecular flexibility index (Phi) is 5.74. The van der Waals surface area contributed by atoms with E-state index in [1.54, 1.807) is 30.8 Å². The van der Waals surface area contributed by atoms with E-state index in [1.165, 1.54) is 0 Å². The molecule has 0 saturated carbocycles. The zero-order valence-electron chi connectivity index (χ0n) is 13.9. The molecular formula is C19H19N3O2S. The summed E-state index contributed by atoms with van der Waals surface area (Å²) in [6, 6.07) is 11.5. The van der Waals surface area contributed by atoms with Crippen LogP contribution in [0.15, 0.2) is 54.2 Å². The van der Waals surface area contributed by atoms with Crippen molar-refractivity contribution < 1.29 is 9.53 Å². The van der Waals surface area contributed by atoms with E-state index in [9.17, 15) is 4.79 Å². The van der Waals surface area contributed by atoms with Gasteiger partial charge in [0.15, 0.2) is 0 Å². The Labute approximate surface area is 150 Å². The molecule has 3 aromatic rings. The van der Waals surface area contributed by atoms with Gasteiger partial charge in [-0.3, -0.25) is 9.78 Å². The van der Waals surface area contributed by atoms with Crippen LogP contribution in [0.2, 0.25) is 0 Å². The molecule has 0 aliphatic rings. The van der Waals surface area contributed by atoms with Gasteiger partial charge in [0.25, 0.3) is 0 Å². The molecule has 25 heavy (non-hydrogen) atoms. The maximum atomic E-state index is 12.0. The standard InChI is InChI=1S/C19H19N3O2S/c1-24-17-7-4-14(5-8-17)11-21-18(23)9-6-16-13-25-19(22-16)15-3-2-10-20-12-15/h2-5,7-8,10,12-13H,6,9,11H2,1H3,(H,21,23). The molecule has 3 rings (SSSR count). The summed E-state index contributed by atoms with van der Waals surface area (Å²) >= 11 is 1.57. The number of methoxy groups -OCH3 is 1. The molecule has 0 bridgehead atoms.